The monoisotopic (exact) mass is 242 g/mol. The lowest BCUT2D eigenvalue weighted by Crippen LogP contribution is -2.13. The molecule has 1 unspecified atom stereocenters. The Morgan fingerprint density at radius 3 is 2.83 bits per heavy atom. The van der Waals surface area contributed by atoms with E-state index in [0.717, 1.165) is 30.0 Å². The Morgan fingerprint density at radius 1 is 1.44 bits per heavy atom. The molecule has 3 nitrogen and oxygen atoms in total. The van der Waals surface area contributed by atoms with Crippen LogP contribution in [0.1, 0.15) is 26.7 Å². The summed E-state index contributed by atoms with van der Waals surface area (Å²) < 4.78 is 0. The van der Waals surface area contributed by atoms with Gasteiger partial charge < -0.3 is 4.84 Å². The van der Waals surface area contributed by atoms with Crippen LogP contribution < -0.4 is 0 Å². The molecule has 1 atom stereocenters. The number of rotatable bonds is 4. The second kappa shape index (κ2) is 6.15. The maximum atomic E-state index is 5.35. The molecular formula is C15H18N2O. The fourth-order valence-electron chi connectivity index (χ4n) is 1.80. The molecule has 94 valence electrons. The molecule has 0 N–H and O–H groups in total. The minimum atomic E-state index is 0.200. The van der Waals surface area contributed by atoms with E-state index in [2.05, 4.69) is 17.1 Å². The van der Waals surface area contributed by atoms with Gasteiger partial charge in [0.15, 0.2) is 0 Å². The van der Waals surface area contributed by atoms with Crippen molar-refractivity contribution in [2.45, 2.75) is 32.8 Å². The van der Waals surface area contributed by atoms with Gasteiger partial charge in [-0.3, -0.25) is 0 Å². The number of hydrogen-bond acceptors (Lipinski definition) is 3. The Balaban J connectivity index is 2.22. The van der Waals surface area contributed by atoms with Crippen molar-refractivity contribution in [3.05, 3.63) is 42.5 Å². The van der Waals surface area contributed by atoms with Crippen LogP contribution in [0.2, 0.25) is 0 Å². The number of hydrogen-bond donors (Lipinski definition) is 0. The number of benzene rings is 1. The molecule has 2 rings (SSSR count). The summed E-state index contributed by atoms with van der Waals surface area (Å²) in [5.74, 6) is 0. The summed E-state index contributed by atoms with van der Waals surface area (Å²) in [6, 6.07) is 9.91. The van der Waals surface area contributed by atoms with Gasteiger partial charge in [0.25, 0.3) is 0 Å². The predicted octanol–water partition coefficient (Wildman–Crippen LogP) is 3.89. The third kappa shape index (κ3) is 3.06. The van der Waals surface area contributed by atoms with Crippen LogP contribution in [-0.2, 0) is 4.84 Å². The third-order valence-electron chi connectivity index (χ3n) is 2.81. The van der Waals surface area contributed by atoms with Crippen LogP contribution in [0.5, 0.6) is 0 Å². The Bertz CT molecular complexity index is 475. The highest BCUT2D eigenvalue weighted by atomic mass is 16.6. The third-order valence-corrected chi connectivity index (χ3v) is 2.81. The normalized spacial score (nSPS) is 20.0. The largest absolute Gasteiger partial charge is 0.392 e. The summed E-state index contributed by atoms with van der Waals surface area (Å²) in [5.41, 5.74) is 2.76. The second-order valence-corrected chi connectivity index (χ2v) is 4.21. The van der Waals surface area contributed by atoms with E-state index in [-0.39, 0.29) is 6.10 Å². The zero-order valence-corrected chi connectivity index (χ0v) is 10.8. The first kappa shape index (κ1) is 12.6. The average molecular weight is 242 g/mol. The molecule has 1 aromatic carbocycles. The van der Waals surface area contributed by atoms with Gasteiger partial charge in [-0.25, -0.2) is 4.99 Å². The van der Waals surface area contributed by atoms with Crippen molar-refractivity contribution in [2.75, 3.05) is 0 Å². The Labute approximate surface area is 108 Å². The average Bonchev–Trinajstić information content (AvgIpc) is 2.88. The molecule has 0 saturated heterocycles. The summed E-state index contributed by atoms with van der Waals surface area (Å²) in [5, 5.41) is 4.14. The van der Waals surface area contributed by atoms with E-state index in [1.165, 1.54) is 0 Å². The standard InChI is InChI=1S/C15H18N2O/c1-3-8-14(15-11-13(4-2)18-17-15)16-12-9-6-5-7-10-12/h3,5-10,13H,4,11H2,1-2H3/b8-3-,16-14?. The molecule has 1 heterocycles. The SMILES string of the molecule is C/C=C\C(=Nc1ccccc1)C1=NOC(CC)C1. The van der Waals surface area contributed by atoms with Gasteiger partial charge in [-0.05, 0) is 31.6 Å². The predicted molar refractivity (Wildman–Crippen MR) is 75.6 cm³/mol. The van der Waals surface area contributed by atoms with Crippen molar-refractivity contribution in [2.24, 2.45) is 10.1 Å². The number of para-hydroxylation sites is 1. The van der Waals surface area contributed by atoms with Gasteiger partial charge in [0.2, 0.25) is 0 Å². The zero-order chi connectivity index (χ0) is 12.8. The van der Waals surface area contributed by atoms with Crippen LogP contribution in [-0.4, -0.2) is 17.5 Å². The molecule has 0 radical (unpaired) electrons. The molecule has 0 aromatic heterocycles. The highest BCUT2D eigenvalue weighted by Gasteiger charge is 2.21. The van der Waals surface area contributed by atoms with E-state index < -0.39 is 0 Å². The smallest absolute Gasteiger partial charge is 0.133 e. The van der Waals surface area contributed by atoms with E-state index in [1.54, 1.807) is 0 Å². The van der Waals surface area contributed by atoms with Gasteiger partial charge >= 0.3 is 0 Å². The van der Waals surface area contributed by atoms with Crippen molar-refractivity contribution < 1.29 is 4.84 Å². The Kier molecular flexibility index (Phi) is 4.29. The number of oxime groups is 1. The first-order valence-electron chi connectivity index (χ1n) is 6.33. The lowest BCUT2D eigenvalue weighted by molar-refractivity contribution is 0.0829. The fraction of sp³-hybridized carbons (Fsp3) is 0.333. The highest BCUT2D eigenvalue weighted by molar-refractivity contribution is 6.47. The van der Waals surface area contributed by atoms with Crippen LogP contribution in [0.4, 0.5) is 5.69 Å². The van der Waals surface area contributed by atoms with Gasteiger partial charge in [-0.2, -0.15) is 0 Å². The second-order valence-electron chi connectivity index (χ2n) is 4.21. The molecule has 0 bridgehead atoms. The maximum absolute atomic E-state index is 5.35. The summed E-state index contributed by atoms with van der Waals surface area (Å²) in [7, 11) is 0. The minimum Gasteiger partial charge on any atom is -0.392 e. The summed E-state index contributed by atoms with van der Waals surface area (Å²) in [6.45, 7) is 4.08. The lowest BCUT2D eigenvalue weighted by atomic mass is 10.1. The summed E-state index contributed by atoms with van der Waals surface area (Å²) >= 11 is 0. The number of nitrogens with zero attached hydrogens (tertiary/aromatic N) is 2. The number of allylic oxidation sites excluding steroid dienone is 2. The highest BCUT2D eigenvalue weighted by Crippen LogP contribution is 2.17. The van der Waals surface area contributed by atoms with E-state index in [4.69, 9.17) is 4.84 Å². The van der Waals surface area contributed by atoms with Crippen molar-refractivity contribution in [3.63, 3.8) is 0 Å². The Morgan fingerprint density at radius 2 is 2.22 bits per heavy atom. The van der Waals surface area contributed by atoms with Crippen molar-refractivity contribution >= 4 is 17.1 Å². The lowest BCUT2D eigenvalue weighted by Gasteiger charge is -2.02. The van der Waals surface area contributed by atoms with E-state index in [1.807, 2.05) is 49.4 Å². The van der Waals surface area contributed by atoms with Crippen LogP contribution in [0.25, 0.3) is 0 Å². The molecule has 0 aliphatic carbocycles. The van der Waals surface area contributed by atoms with E-state index >= 15 is 0 Å². The Hall–Kier alpha value is -1.90. The molecule has 1 aliphatic heterocycles. The van der Waals surface area contributed by atoms with Gasteiger partial charge in [0.05, 0.1) is 11.4 Å². The molecule has 0 fully saturated rings. The van der Waals surface area contributed by atoms with Crippen molar-refractivity contribution in [3.8, 4) is 0 Å². The quantitative estimate of drug-likeness (QED) is 0.737. The first-order valence-corrected chi connectivity index (χ1v) is 6.33. The van der Waals surface area contributed by atoms with E-state index in [0.29, 0.717) is 0 Å². The molecular weight excluding hydrogens is 224 g/mol. The van der Waals surface area contributed by atoms with Crippen LogP contribution >= 0.6 is 0 Å². The van der Waals surface area contributed by atoms with Crippen LogP contribution in [0.15, 0.2) is 52.6 Å². The fourth-order valence-corrected chi connectivity index (χ4v) is 1.80. The topological polar surface area (TPSA) is 34.0 Å². The van der Waals surface area contributed by atoms with Crippen LogP contribution in [0.3, 0.4) is 0 Å². The van der Waals surface area contributed by atoms with Gasteiger partial charge in [-0.1, -0.05) is 36.4 Å². The molecule has 1 aromatic rings. The molecule has 0 spiro atoms. The van der Waals surface area contributed by atoms with Crippen molar-refractivity contribution in [1.82, 2.24) is 0 Å². The first-order chi connectivity index (χ1) is 8.83. The number of aliphatic imine (C=N–C) groups is 1. The van der Waals surface area contributed by atoms with Crippen molar-refractivity contribution in [1.29, 1.82) is 0 Å². The molecule has 0 saturated carbocycles. The molecule has 0 amide bonds. The van der Waals surface area contributed by atoms with Gasteiger partial charge in [-0.15, -0.1) is 0 Å². The maximum Gasteiger partial charge on any atom is 0.133 e. The molecule has 1 aliphatic rings. The van der Waals surface area contributed by atoms with E-state index in [9.17, 15) is 0 Å². The van der Waals surface area contributed by atoms with Crippen LogP contribution in [0, 0.1) is 0 Å². The zero-order valence-electron chi connectivity index (χ0n) is 10.8. The summed E-state index contributed by atoms with van der Waals surface area (Å²) in [4.78, 5) is 9.97. The minimum absolute atomic E-state index is 0.200. The van der Waals surface area contributed by atoms with Gasteiger partial charge in [0.1, 0.15) is 11.8 Å². The molecule has 3 heteroatoms. The van der Waals surface area contributed by atoms with Gasteiger partial charge in [0, 0.05) is 6.42 Å². The summed E-state index contributed by atoms with van der Waals surface area (Å²) in [6.07, 6.45) is 5.97. The molecule has 18 heavy (non-hydrogen) atoms.